The van der Waals surface area contributed by atoms with Crippen LogP contribution >= 0.6 is 11.3 Å². The van der Waals surface area contributed by atoms with Gasteiger partial charge in [0, 0.05) is 5.56 Å². The van der Waals surface area contributed by atoms with Crippen molar-refractivity contribution in [2.24, 2.45) is 5.73 Å². The van der Waals surface area contributed by atoms with Crippen LogP contribution in [0.4, 0.5) is 5.13 Å². The summed E-state index contributed by atoms with van der Waals surface area (Å²) in [6, 6.07) is 8.96. The lowest BCUT2D eigenvalue weighted by atomic mass is 10.1. The number of carbonyl (C=O) groups excluding carboxylic acids is 1. The molecule has 0 aliphatic rings. The van der Waals surface area contributed by atoms with Crippen molar-refractivity contribution in [3.63, 3.8) is 0 Å². The predicted molar refractivity (Wildman–Crippen MR) is 71.5 cm³/mol. The molecule has 1 heterocycles. The fourth-order valence-corrected chi connectivity index (χ4v) is 2.05. The number of carbonyl (C=O) groups is 1. The van der Waals surface area contributed by atoms with Crippen molar-refractivity contribution in [1.29, 1.82) is 0 Å². The molecule has 0 fully saturated rings. The molecule has 2 aromatic rings. The van der Waals surface area contributed by atoms with Crippen LogP contribution in [0, 0.1) is 0 Å². The van der Waals surface area contributed by atoms with Crippen LogP contribution in [0.3, 0.4) is 0 Å². The topological polar surface area (TPSA) is 80.9 Å². The van der Waals surface area contributed by atoms with Gasteiger partial charge in [-0.15, -0.1) is 10.2 Å². The molecule has 0 bridgehead atoms. The number of aromatic nitrogens is 2. The average molecular weight is 262 g/mol. The zero-order valence-corrected chi connectivity index (χ0v) is 11.0. The molecular weight excluding hydrogens is 248 g/mol. The van der Waals surface area contributed by atoms with Crippen LogP contribution in [0.1, 0.15) is 29.2 Å². The Balaban J connectivity index is 2.11. The first-order valence-electron chi connectivity index (χ1n) is 5.46. The predicted octanol–water partition coefficient (Wildman–Crippen LogP) is 1.98. The summed E-state index contributed by atoms with van der Waals surface area (Å²) in [6.07, 6.45) is 0. The fourth-order valence-electron chi connectivity index (χ4n) is 1.29. The van der Waals surface area contributed by atoms with E-state index in [9.17, 15) is 4.79 Å². The number of nitrogens with one attached hydrogen (secondary N) is 1. The van der Waals surface area contributed by atoms with E-state index < -0.39 is 5.54 Å². The number of hydrogen-bond donors (Lipinski definition) is 2. The molecule has 3 N–H and O–H groups in total. The van der Waals surface area contributed by atoms with E-state index in [1.165, 1.54) is 11.3 Å². The maximum absolute atomic E-state index is 11.9. The lowest BCUT2D eigenvalue weighted by Gasteiger charge is -2.12. The van der Waals surface area contributed by atoms with Gasteiger partial charge in [0.25, 0.3) is 5.91 Å². The van der Waals surface area contributed by atoms with Crippen LogP contribution in [0.15, 0.2) is 30.3 Å². The molecule has 94 valence electrons. The van der Waals surface area contributed by atoms with Crippen LogP contribution in [0.2, 0.25) is 0 Å². The highest BCUT2D eigenvalue weighted by atomic mass is 32.1. The normalized spacial score (nSPS) is 11.3. The molecule has 1 aromatic heterocycles. The second-order valence-electron chi connectivity index (χ2n) is 4.45. The summed E-state index contributed by atoms with van der Waals surface area (Å²) in [6.45, 7) is 3.69. The Morgan fingerprint density at radius 3 is 2.50 bits per heavy atom. The molecule has 0 radical (unpaired) electrons. The largest absolute Gasteiger partial charge is 0.320 e. The minimum Gasteiger partial charge on any atom is -0.320 e. The third-order valence-electron chi connectivity index (χ3n) is 2.23. The van der Waals surface area contributed by atoms with Gasteiger partial charge in [-0.25, -0.2) is 0 Å². The standard InChI is InChI=1S/C12H14N4OS/c1-12(2,13)10-15-16-11(18-10)14-9(17)8-6-4-3-5-7-8/h3-7H,13H2,1-2H3,(H,14,16,17). The quantitative estimate of drug-likeness (QED) is 0.886. The number of anilines is 1. The van der Waals surface area contributed by atoms with Crippen molar-refractivity contribution in [3.05, 3.63) is 40.9 Å². The highest BCUT2D eigenvalue weighted by Crippen LogP contribution is 2.24. The van der Waals surface area contributed by atoms with Crippen molar-refractivity contribution in [2.45, 2.75) is 19.4 Å². The second kappa shape index (κ2) is 4.83. The average Bonchev–Trinajstić information content (AvgIpc) is 2.78. The molecular formula is C12H14N4OS. The molecule has 6 heteroatoms. The summed E-state index contributed by atoms with van der Waals surface area (Å²) in [5, 5.41) is 11.7. The van der Waals surface area contributed by atoms with E-state index in [4.69, 9.17) is 5.73 Å². The summed E-state index contributed by atoms with van der Waals surface area (Å²) < 4.78 is 0. The summed E-state index contributed by atoms with van der Waals surface area (Å²) in [5.41, 5.74) is 5.94. The first-order valence-corrected chi connectivity index (χ1v) is 6.28. The summed E-state index contributed by atoms with van der Waals surface area (Å²) in [7, 11) is 0. The van der Waals surface area contributed by atoms with Gasteiger partial charge >= 0.3 is 0 Å². The van der Waals surface area contributed by atoms with E-state index in [-0.39, 0.29) is 5.91 Å². The Bertz CT molecular complexity index is 545. The maximum Gasteiger partial charge on any atom is 0.257 e. The lowest BCUT2D eigenvalue weighted by Crippen LogP contribution is -2.28. The Hall–Kier alpha value is -1.79. The lowest BCUT2D eigenvalue weighted by molar-refractivity contribution is 0.102. The number of rotatable bonds is 3. The van der Waals surface area contributed by atoms with E-state index >= 15 is 0 Å². The zero-order valence-electron chi connectivity index (χ0n) is 10.2. The molecule has 0 saturated carbocycles. The molecule has 5 nitrogen and oxygen atoms in total. The second-order valence-corrected chi connectivity index (χ2v) is 5.43. The van der Waals surface area contributed by atoms with Crippen molar-refractivity contribution >= 4 is 22.4 Å². The van der Waals surface area contributed by atoms with Gasteiger partial charge in [0.2, 0.25) is 5.13 Å². The third-order valence-corrected chi connectivity index (χ3v) is 3.41. The van der Waals surface area contributed by atoms with Gasteiger partial charge in [0.05, 0.1) is 5.54 Å². The van der Waals surface area contributed by atoms with E-state index in [1.54, 1.807) is 12.1 Å². The van der Waals surface area contributed by atoms with Crippen LogP contribution in [-0.2, 0) is 5.54 Å². The molecule has 0 atom stereocenters. The molecule has 1 amide bonds. The molecule has 0 unspecified atom stereocenters. The summed E-state index contributed by atoms with van der Waals surface area (Å²) in [4.78, 5) is 11.9. The van der Waals surface area contributed by atoms with Crippen molar-refractivity contribution < 1.29 is 4.79 Å². The molecule has 0 aliphatic carbocycles. The Morgan fingerprint density at radius 2 is 1.94 bits per heavy atom. The van der Waals surface area contributed by atoms with Crippen molar-refractivity contribution in [1.82, 2.24) is 10.2 Å². The Kier molecular flexibility index (Phi) is 3.40. The summed E-state index contributed by atoms with van der Waals surface area (Å²) in [5.74, 6) is -0.201. The number of nitrogens with two attached hydrogens (primary N) is 1. The third kappa shape index (κ3) is 2.91. The molecule has 18 heavy (non-hydrogen) atoms. The van der Waals surface area contributed by atoms with Crippen LogP contribution in [-0.4, -0.2) is 16.1 Å². The van der Waals surface area contributed by atoms with E-state index in [0.29, 0.717) is 15.7 Å². The van der Waals surface area contributed by atoms with Gasteiger partial charge in [-0.2, -0.15) is 0 Å². The van der Waals surface area contributed by atoms with Crippen LogP contribution in [0.5, 0.6) is 0 Å². The first-order chi connectivity index (χ1) is 8.47. The molecule has 0 aliphatic heterocycles. The molecule has 0 saturated heterocycles. The Labute approximate surface area is 109 Å². The van der Waals surface area contributed by atoms with E-state index in [1.807, 2.05) is 32.0 Å². The van der Waals surface area contributed by atoms with Crippen LogP contribution in [0.25, 0.3) is 0 Å². The molecule has 1 aromatic carbocycles. The highest BCUT2D eigenvalue weighted by molar-refractivity contribution is 7.15. The van der Waals surface area contributed by atoms with Crippen molar-refractivity contribution in [2.75, 3.05) is 5.32 Å². The Morgan fingerprint density at radius 1 is 1.28 bits per heavy atom. The van der Waals surface area contributed by atoms with Gasteiger partial charge < -0.3 is 5.73 Å². The number of hydrogen-bond acceptors (Lipinski definition) is 5. The molecule has 2 rings (SSSR count). The molecule has 0 spiro atoms. The van der Waals surface area contributed by atoms with Gasteiger partial charge in [-0.3, -0.25) is 10.1 Å². The summed E-state index contributed by atoms with van der Waals surface area (Å²) >= 11 is 1.28. The van der Waals surface area contributed by atoms with Gasteiger partial charge in [0.1, 0.15) is 5.01 Å². The van der Waals surface area contributed by atoms with E-state index in [0.717, 1.165) is 0 Å². The van der Waals surface area contributed by atoms with Gasteiger partial charge in [-0.1, -0.05) is 29.5 Å². The van der Waals surface area contributed by atoms with Gasteiger partial charge in [-0.05, 0) is 26.0 Å². The van der Waals surface area contributed by atoms with Crippen molar-refractivity contribution in [3.8, 4) is 0 Å². The number of nitrogens with zero attached hydrogens (tertiary/aromatic N) is 2. The number of amides is 1. The number of benzene rings is 1. The highest BCUT2D eigenvalue weighted by Gasteiger charge is 2.20. The fraction of sp³-hybridized carbons (Fsp3) is 0.250. The van der Waals surface area contributed by atoms with Gasteiger partial charge in [0.15, 0.2) is 0 Å². The van der Waals surface area contributed by atoms with E-state index in [2.05, 4.69) is 15.5 Å². The minimum atomic E-state index is -0.548. The zero-order chi connectivity index (χ0) is 13.2. The smallest absolute Gasteiger partial charge is 0.257 e. The SMILES string of the molecule is CC(C)(N)c1nnc(NC(=O)c2ccccc2)s1. The maximum atomic E-state index is 11.9. The monoisotopic (exact) mass is 262 g/mol. The minimum absolute atomic E-state index is 0.201. The first kappa shape index (κ1) is 12.7. The van der Waals surface area contributed by atoms with Crippen LogP contribution < -0.4 is 11.1 Å².